The number of hydrogen-bond donors (Lipinski definition) is 0. The first-order chi connectivity index (χ1) is 14.8. The SMILES string of the molecule is Br.COC1CCN(CCCCCCCOc2ccc(OCc3ccccc3)cc2)CC1. The second kappa shape index (κ2) is 15.3. The number of piperidine rings is 1. The maximum absolute atomic E-state index is 5.87. The molecule has 1 fully saturated rings. The largest absolute Gasteiger partial charge is 0.494 e. The second-order valence-electron chi connectivity index (χ2n) is 8.14. The van der Waals surface area contributed by atoms with Gasteiger partial charge in [0.25, 0.3) is 0 Å². The normalized spacial score (nSPS) is 14.7. The number of methoxy groups -OCH3 is 1. The third kappa shape index (κ3) is 10.1. The molecule has 2 aromatic rings. The Hall–Kier alpha value is -1.56. The predicted octanol–water partition coefficient (Wildman–Crippen LogP) is 6.28. The van der Waals surface area contributed by atoms with Crippen molar-refractivity contribution in [2.75, 3.05) is 33.4 Å². The van der Waals surface area contributed by atoms with Crippen molar-refractivity contribution < 1.29 is 14.2 Å². The molecule has 2 aromatic carbocycles. The maximum Gasteiger partial charge on any atom is 0.120 e. The molecule has 31 heavy (non-hydrogen) atoms. The smallest absolute Gasteiger partial charge is 0.120 e. The average molecular weight is 492 g/mol. The molecule has 5 heteroatoms. The second-order valence-corrected chi connectivity index (χ2v) is 8.14. The van der Waals surface area contributed by atoms with Crippen LogP contribution in [0.4, 0.5) is 0 Å². The Morgan fingerprint density at radius 1 is 0.774 bits per heavy atom. The number of likely N-dealkylation sites (tertiary alicyclic amines) is 1. The molecule has 3 rings (SSSR count). The minimum atomic E-state index is 0. The van der Waals surface area contributed by atoms with Crippen LogP contribution in [0.5, 0.6) is 11.5 Å². The first-order valence-electron chi connectivity index (χ1n) is 11.5. The summed E-state index contributed by atoms with van der Waals surface area (Å²) in [6.45, 7) is 5.01. The number of halogens is 1. The summed E-state index contributed by atoms with van der Waals surface area (Å²) in [5, 5.41) is 0. The fourth-order valence-electron chi connectivity index (χ4n) is 3.90. The van der Waals surface area contributed by atoms with Crippen LogP contribution in [0.3, 0.4) is 0 Å². The number of benzene rings is 2. The summed E-state index contributed by atoms with van der Waals surface area (Å²) >= 11 is 0. The van der Waals surface area contributed by atoms with E-state index in [1.807, 2.05) is 49.6 Å². The minimum absolute atomic E-state index is 0. The molecule has 1 heterocycles. The Labute approximate surface area is 198 Å². The van der Waals surface area contributed by atoms with Gasteiger partial charge in [0.05, 0.1) is 12.7 Å². The van der Waals surface area contributed by atoms with Crippen LogP contribution in [0.25, 0.3) is 0 Å². The molecule has 0 atom stereocenters. The van der Waals surface area contributed by atoms with Crippen LogP contribution < -0.4 is 9.47 Å². The number of hydrogen-bond acceptors (Lipinski definition) is 4. The van der Waals surface area contributed by atoms with Gasteiger partial charge in [0.2, 0.25) is 0 Å². The van der Waals surface area contributed by atoms with E-state index < -0.39 is 0 Å². The predicted molar refractivity (Wildman–Crippen MR) is 133 cm³/mol. The third-order valence-corrected chi connectivity index (χ3v) is 5.83. The number of unbranched alkanes of at least 4 members (excludes halogenated alkanes) is 4. The molecular formula is C26H38BrNO3. The van der Waals surface area contributed by atoms with Crippen molar-refractivity contribution in [1.29, 1.82) is 0 Å². The Bertz CT molecular complexity index is 688. The van der Waals surface area contributed by atoms with Crippen molar-refractivity contribution in [2.24, 2.45) is 0 Å². The zero-order valence-electron chi connectivity index (χ0n) is 18.8. The highest BCUT2D eigenvalue weighted by Gasteiger charge is 2.17. The van der Waals surface area contributed by atoms with E-state index in [2.05, 4.69) is 17.0 Å². The molecule has 0 saturated carbocycles. The van der Waals surface area contributed by atoms with E-state index in [9.17, 15) is 0 Å². The van der Waals surface area contributed by atoms with E-state index in [4.69, 9.17) is 14.2 Å². The molecule has 1 aliphatic heterocycles. The molecule has 0 aromatic heterocycles. The van der Waals surface area contributed by atoms with Gasteiger partial charge in [-0.25, -0.2) is 0 Å². The molecular weight excluding hydrogens is 454 g/mol. The molecule has 0 amide bonds. The third-order valence-electron chi connectivity index (χ3n) is 5.83. The molecule has 4 nitrogen and oxygen atoms in total. The highest BCUT2D eigenvalue weighted by atomic mass is 79.9. The van der Waals surface area contributed by atoms with Crippen molar-refractivity contribution in [2.45, 2.75) is 57.7 Å². The van der Waals surface area contributed by atoms with Crippen molar-refractivity contribution in [3.63, 3.8) is 0 Å². The van der Waals surface area contributed by atoms with Crippen molar-refractivity contribution in [3.8, 4) is 11.5 Å². The zero-order chi connectivity index (χ0) is 20.9. The highest BCUT2D eigenvalue weighted by Crippen LogP contribution is 2.19. The Kier molecular flexibility index (Phi) is 12.7. The summed E-state index contributed by atoms with van der Waals surface area (Å²) in [6.07, 6.45) is 9.14. The fraction of sp³-hybridized carbons (Fsp3) is 0.538. The summed E-state index contributed by atoms with van der Waals surface area (Å²) in [5.41, 5.74) is 1.17. The maximum atomic E-state index is 5.87. The standard InChI is InChI=1S/C26H37NO3.BrH/c1-28-24-16-19-27(20-17-24)18-8-3-2-4-9-21-29-25-12-14-26(15-13-25)30-22-23-10-6-5-7-11-23;/h5-7,10-15,24H,2-4,8-9,16-22H2,1H3;1H. The minimum Gasteiger partial charge on any atom is -0.494 e. The van der Waals surface area contributed by atoms with Gasteiger partial charge in [-0.15, -0.1) is 17.0 Å². The van der Waals surface area contributed by atoms with E-state index in [0.29, 0.717) is 12.7 Å². The van der Waals surface area contributed by atoms with E-state index in [0.717, 1.165) is 24.5 Å². The van der Waals surface area contributed by atoms with Crippen molar-refractivity contribution >= 4 is 17.0 Å². The number of nitrogens with zero attached hydrogens (tertiary/aromatic N) is 1. The molecule has 0 bridgehead atoms. The van der Waals surface area contributed by atoms with Crippen LogP contribution in [-0.4, -0.2) is 44.4 Å². The van der Waals surface area contributed by atoms with E-state index in [1.54, 1.807) is 0 Å². The topological polar surface area (TPSA) is 30.9 Å². The molecule has 0 N–H and O–H groups in total. The van der Waals surface area contributed by atoms with Gasteiger partial charge in [0, 0.05) is 20.2 Å². The van der Waals surface area contributed by atoms with Gasteiger partial charge < -0.3 is 19.1 Å². The summed E-state index contributed by atoms with van der Waals surface area (Å²) in [6, 6.07) is 18.2. The molecule has 0 spiro atoms. The van der Waals surface area contributed by atoms with E-state index in [1.165, 1.54) is 63.7 Å². The van der Waals surface area contributed by atoms with Crippen LogP contribution in [0.2, 0.25) is 0 Å². The Morgan fingerprint density at radius 2 is 1.39 bits per heavy atom. The van der Waals surface area contributed by atoms with Crippen LogP contribution in [-0.2, 0) is 11.3 Å². The van der Waals surface area contributed by atoms with Gasteiger partial charge in [-0.2, -0.15) is 0 Å². The monoisotopic (exact) mass is 491 g/mol. The quantitative estimate of drug-likeness (QED) is 0.308. The number of ether oxygens (including phenoxy) is 3. The van der Waals surface area contributed by atoms with Gasteiger partial charge in [-0.3, -0.25) is 0 Å². The molecule has 0 unspecified atom stereocenters. The Balaban J connectivity index is 0.00000341. The van der Waals surface area contributed by atoms with Gasteiger partial charge >= 0.3 is 0 Å². The fourth-order valence-corrected chi connectivity index (χ4v) is 3.90. The van der Waals surface area contributed by atoms with Gasteiger partial charge in [0.1, 0.15) is 18.1 Å². The van der Waals surface area contributed by atoms with Crippen LogP contribution in [0, 0.1) is 0 Å². The first kappa shape index (κ1) is 25.7. The van der Waals surface area contributed by atoms with Crippen molar-refractivity contribution in [1.82, 2.24) is 4.90 Å². The summed E-state index contributed by atoms with van der Waals surface area (Å²) in [7, 11) is 1.83. The zero-order valence-corrected chi connectivity index (χ0v) is 20.6. The molecule has 0 radical (unpaired) electrons. The molecule has 1 saturated heterocycles. The van der Waals surface area contributed by atoms with Gasteiger partial charge in [0.15, 0.2) is 0 Å². The number of rotatable bonds is 13. The first-order valence-corrected chi connectivity index (χ1v) is 11.5. The van der Waals surface area contributed by atoms with E-state index in [-0.39, 0.29) is 17.0 Å². The van der Waals surface area contributed by atoms with Crippen LogP contribution in [0.15, 0.2) is 54.6 Å². The Morgan fingerprint density at radius 3 is 2.06 bits per heavy atom. The lowest BCUT2D eigenvalue weighted by Crippen LogP contribution is -2.37. The lowest BCUT2D eigenvalue weighted by Gasteiger charge is -2.31. The highest BCUT2D eigenvalue weighted by molar-refractivity contribution is 8.93. The van der Waals surface area contributed by atoms with Gasteiger partial charge in [-0.1, -0.05) is 49.6 Å². The molecule has 172 valence electrons. The lowest BCUT2D eigenvalue weighted by atomic mass is 10.1. The van der Waals surface area contributed by atoms with Gasteiger partial charge in [-0.05, 0) is 62.1 Å². The average Bonchev–Trinajstić information content (AvgIpc) is 2.81. The van der Waals surface area contributed by atoms with Crippen molar-refractivity contribution in [3.05, 3.63) is 60.2 Å². The van der Waals surface area contributed by atoms with Crippen LogP contribution >= 0.6 is 17.0 Å². The summed E-state index contributed by atoms with van der Waals surface area (Å²) in [5.74, 6) is 1.79. The summed E-state index contributed by atoms with van der Waals surface area (Å²) in [4.78, 5) is 2.59. The lowest BCUT2D eigenvalue weighted by molar-refractivity contribution is 0.0407. The molecule has 0 aliphatic carbocycles. The van der Waals surface area contributed by atoms with Crippen LogP contribution in [0.1, 0.15) is 50.5 Å². The summed E-state index contributed by atoms with van der Waals surface area (Å²) < 4.78 is 17.1. The van der Waals surface area contributed by atoms with E-state index >= 15 is 0 Å². The molecule has 1 aliphatic rings.